The minimum atomic E-state index is -0.348. The molecule has 3 aromatic heterocycles. The summed E-state index contributed by atoms with van der Waals surface area (Å²) >= 11 is 0. The maximum absolute atomic E-state index is 12.8. The van der Waals surface area contributed by atoms with E-state index in [1.807, 2.05) is 0 Å². The summed E-state index contributed by atoms with van der Waals surface area (Å²) in [6, 6.07) is 62.8. The molecule has 12 aromatic rings. The molecule has 0 saturated carbocycles. The van der Waals surface area contributed by atoms with E-state index in [-0.39, 0.29) is 56.2 Å². The minimum Gasteiger partial charge on any atom is -0.507 e. The summed E-state index contributed by atoms with van der Waals surface area (Å²) in [6.07, 6.45) is 0. The van der Waals surface area contributed by atoms with Crippen molar-refractivity contribution in [2.24, 2.45) is 0 Å². The van der Waals surface area contributed by atoms with Crippen LogP contribution in [0.25, 0.3) is 99.8 Å². The van der Waals surface area contributed by atoms with Gasteiger partial charge in [-0.3, -0.25) is 9.55 Å². The second kappa shape index (κ2) is 17.9. The molecule has 0 aliphatic carbocycles. The Morgan fingerprint density at radius 1 is 0.577 bits per heavy atom. The van der Waals surface area contributed by atoms with Gasteiger partial charge in [0.2, 0.25) is 6.71 Å². The number of rotatable bonds is 6. The Balaban J connectivity index is 0.00000579. The van der Waals surface area contributed by atoms with Gasteiger partial charge in [0.15, 0.2) is 0 Å². The maximum Gasteiger partial charge on any atom is 0.201 e. The van der Waals surface area contributed by atoms with E-state index in [2.05, 4.69) is 248 Å². The molecule has 9 aromatic carbocycles. The number of phenols is 1. The normalized spacial score (nSPS) is 13.0. The number of nitrogens with zero attached hydrogens (tertiary/aromatic N) is 4. The molecule has 2 aliphatic heterocycles. The van der Waals surface area contributed by atoms with Crippen molar-refractivity contribution >= 4 is 72.5 Å². The molecule has 78 heavy (non-hydrogen) atoms. The molecule has 0 saturated heterocycles. The molecule has 0 bridgehead atoms. The molecule has 0 atom stereocenters. The Bertz CT molecular complexity index is 4450. The van der Waals surface area contributed by atoms with Gasteiger partial charge in [0.1, 0.15) is 23.1 Å². The largest absolute Gasteiger partial charge is 0.507 e. The molecule has 0 fully saturated rings. The molecular formula is C70H60BN4O2Pt-. The van der Waals surface area contributed by atoms with Crippen LogP contribution >= 0.6 is 0 Å². The number of aromatic hydroxyl groups is 1. The molecule has 6 nitrogen and oxygen atoms in total. The Morgan fingerprint density at radius 3 is 1.90 bits per heavy atom. The Hall–Kier alpha value is -7.73. The van der Waals surface area contributed by atoms with Gasteiger partial charge in [-0.2, -0.15) is 0 Å². The van der Waals surface area contributed by atoms with Crippen LogP contribution in [0, 0.1) is 6.07 Å². The summed E-state index contributed by atoms with van der Waals surface area (Å²) in [7, 11) is 0. The number of phenolic OH excluding ortho intramolecular Hbond substituents is 1. The predicted molar refractivity (Wildman–Crippen MR) is 321 cm³/mol. The quantitative estimate of drug-likeness (QED) is 0.102. The fourth-order valence-electron chi connectivity index (χ4n) is 12.8. The van der Waals surface area contributed by atoms with Crippen LogP contribution in [0.5, 0.6) is 17.2 Å². The number of fused-ring (bicyclic) bond motifs is 15. The van der Waals surface area contributed by atoms with Gasteiger partial charge in [0.25, 0.3) is 0 Å². The number of hydrogen-bond acceptors (Lipinski definition) is 4. The molecule has 14 rings (SSSR count). The van der Waals surface area contributed by atoms with Crippen molar-refractivity contribution in [2.45, 2.75) is 91.9 Å². The van der Waals surface area contributed by atoms with Crippen LogP contribution in [0.2, 0.25) is 0 Å². The number of hydrogen-bond donors (Lipinski definition) is 1. The van der Waals surface area contributed by atoms with Gasteiger partial charge in [-0.05, 0) is 121 Å². The number of imidazole rings is 2. The summed E-state index contributed by atoms with van der Waals surface area (Å²) in [5.74, 6) is 3.10. The molecule has 0 spiro atoms. The average molecular weight is 1200 g/mol. The van der Waals surface area contributed by atoms with Gasteiger partial charge in [0.05, 0.1) is 39.0 Å². The number of ether oxygens (including phenoxy) is 1. The van der Waals surface area contributed by atoms with E-state index in [0.717, 1.165) is 88.8 Å². The number of aromatic nitrogens is 4. The number of benzene rings is 9. The summed E-state index contributed by atoms with van der Waals surface area (Å²) in [5.41, 5.74) is 21.8. The molecule has 386 valence electrons. The zero-order valence-corrected chi connectivity index (χ0v) is 48.1. The van der Waals surface area contributed by atoms with Crippen LogP contribution < -0.4 is 21.1 Å². The number of pyridine rings is 1. The molecule has 8 heteroatoms. The zero-order chi connectivity index (χ0) is 53.0. The molecule has 0 radical (unpaired) electrons. The third-order valence-corrected chi connectivity index (χ3v) is 16.6. The third-order valence-electron chi connectivity index (χ3n) is 16.6. The van der Waals surface area contributed by atoms with Crippen LogP contribution in [0.3, 0.4) is 0 Å². The summed E-state index contributed by atoms with van der Waals surface area (Å²) < 4.78 is 11.3. The first-order valence-electron chi connectivity index (χ1n) is 27.3. The van der Waals surface area contributed by atoms with E-state index >= 15 is 0 Å². The predicted octanol–water partition coefficient (Wildman–Crippen LogP) is 16.1. The van der Waals surface area contributed by atoms with Crippen LogP contribution in [-0.2, 0) is 31.9 Å². The van der Waals surface area contributed by atoms with E-state index in [9.17, 15) is 5.11 Å². The van der Waals surface area contributed by atoms with Crippen LogP contribution in [-0.4, -0.2) is 30.8 Å². The number of para-hydroxylation sites is 4. The van der Waals surface area contributed by atoms with Crippen molar-refractivity contribution in [3.63, 3.8) is 0 Å². The van der Waals surface area contributed by atoms with E-state index in [0.29, 0.717) is 11.4 Å². The molecule has 2 aliphatic rings. The monoisotopic (exact) mass is 1190 g/mol. The topological polar surface area (TPSA) is 64.6 Å². The summed E-state index contributed by atoms with van der Waals surface area (Å²) in [5, 5.41) is 16.1. The molecule has 5 heterocycles. The minimum absolute atomic E-state index is 0. The van der Waals surface area contributed by atoms with Crippen molar-refractivity contribution in [3.8, 4) is 67.7 Å². The van der Waals surface area contributed by atoms with Crippen LogP contribution in [0.4, 0.5) is 0 Å². The smallest absolute Gasteiger partial charge is 0.201 e. The second-order valence-corrected chi connectivity index (χ2v) is 24.2. The maximum atomic E-state index is 12.8. The fourth-order valence-corrected chi connectivity index (χ4v) is 12.8. The zero-order valence-electron chi connectivity index (χ0n) is 45.8. The molecule has 0 amide bonds. The van der Waals surface area contributed by atoms with Gasteiger partial charge in [-0.25, -0.2) is 4.98 Å². The van der Waals surface area contributed by atoms with Crippen molar-refractivity contribution in [1.82, 2.24) is 18.9 Å². The fraction of sp³-hybridized carbons (Fsp3) is 0.200. The van der Waals surface area contributed by atoms with Crippen molar-refractivity contribution in [3.05, 3.63) is 192 Å². The van der Waals surface area contributed by atoms with E-state index in [1.165, 1.54) is 49.8 Å². The first-order chi connectivity index (χ1) is 37.1. The van der Waals surface area contributed by atoms with Crippen LogP contribution in [0.15, 0.2) is 164 Å². The van der Waals surface area contributed by atoms with Crippen LogP contribution in [0.1, 0.15) is 103 Å². The van der Waals surface area contributed by atoms with Gasteiger partial charge < -0.3 is 14.2 Å². The van der Waals surface area contributed by atoms with Crippen molar-refractivity contribution in [1.29, 1.82) is 0 Å². The van der Waals surface area contributed by atoms with Crippen molar-refractivity contribution < 1.29 is 30.9 Å². The van der Waals surface area contributed by atoms with Gasteiger partial charge >= 0.3 is 0 Å². The molecule has 1 N–H and O–H groups in total. The Kier molecular flexibility index (Phi) is 11.4. The van der Waals surface area contributed by atoms with Gasteiger partial charge in [-0.15, -0.1) is 17.6 Å². The van der Waals surface area contributed by atoms with E-state index < -0.39 is 0 Å². The second-order valence-electron chi connectivity index (χ2n) is 24.2. The Labute approximate surface area is 471 Å². The first kappa shape index (κ1) is 49.8. The summed E-state index contributed by atoms with van der Waals surface area (Å²) in [4.78, 5) is 11.6. The van der Waals surface area contributed by atoms with E-state index in [4.69, 9.17) is 14.7 Å². The first-order valence-corrected chi connectivity index (χ1v) is 27.3. The van der Waals surface area contributed by atoms with Gasteiger partial charge in [0, 0.05) is 43.3 Å². The van der Waals surface area contributed by atoms with Gasteiger partial charge in [-0.1, -0.05) is 195 Å². The molecule has 0 unspecified atom stereocenters. The Morgan fingerprint density at radius 2 is 1.19 bits per heavy atom. The molecular weight excluding hydrogens is 1130 g/mol. The third kappa shape index (κ3) is 7.33. The average Bonchev–Trinajstić information content (AvgIpc) is 3.98. The van der Waals surface area contributed by atoms with Crippen molar-refractivity contribution in [2.75, 3.05) is 0 Å². The standard InChI is InChI=1S/C70H60BN4O2.Pt/c1-39(2)49-35-42(41-21-12-11-13-22-41)36-50(40(3)4)65(49)75-57-30-19-25-45(64(57)73-68(75)51-37-43(69(5,6)7)38-52(66(51)76)70(8,9)10)44-24-18-29-56-63(44)72-67-48-33-34-54-61(60(48)46-23-14-16-28-55(46)74(56)67)47-26-20-32-59-62(47)71(54)53-27-15-17-31-58(53)77-59;/h11-32,34-40,76H,1-10H3;/q-1;. The SMILES string of the molecule is CC(C)c1cc(-c2ccccc2)cc(C(C)C)c1-n1c(-c2cc(C(C)(C)C)cc(C(C)(C)C)c2O)nc2c(-c3cccc4c3nc3c5[c-]cc6c(c5c5ccccc5n43)-c3cccc4c3B6c3ccccc3O4)cccc21.[Pt]. The summed E-state index contributed by atoms with van der Waals surface area (Å²) in [6.45, 7) is 22.5. The van der Waals surface area contributed by atoms with E-state index in [1.54, 1.807) is 0 Å².